The van der Waals surface area contributed by atoms with Crippen LogP contribution in [0.3, 0.4) is 0 Å². The zero-order valence-corrected chi connectivity index (χ0v) is 13.6. The Balaban J connectivity index is 1.45. The van der Waals surface area contributed by atoms with Crippen molar-refractivity contribution < 1.29 is 9.53 Å². The first-order valence-corrected chi connectivity index (χ1v) is 8.53. The van der Waals surface area contributed by atoms with Crippen molar-refractivity contribution in [1.29, 1.82) is 0 Å². The Kier molecular flexibility index (Phi) is 5.46. The minimum absolute atomic E-state index is 0.185. The quantitative estimate of drug-likeness (QED) is 0.874. The van der Waals surface area contributed by atoms with Gasteiger partial charge in [-0.2, -0.15) is 0 Å². The van der Waals surface area contributed by atoms with Gasteiger partial charge in [0.1, 0.15) is 5.82 Å². The van der Waals surface area contributed by atoms with Crippen LogP contribution in [-0.4, -0.2) is 66.1 Å². The third-order valence-corrected chi connectivity index (χ3v) is 4.64. The maximum absolute atomic E-state index is 12.3. The Morgan fingerprint density at radius 1 is 1.35 bits per heavy atom. The second kappa shape index (κ2) is 7.75. The van der Waals surface area contributed by atoms with E-state index in [4.69, 9.17) is 10.5 Å². The number of anilines is 1. The number of aromatic nitrogens is 1. The highest BCUT2D eigenvalue weighted by Crippen LogP contribution is 2.14. The van der Waals surface area contributed by atoms with Crippen LogP contribution in [0.25, 0.3) is 0 Å². The van der Waals surface area contributed by atoms with Crippen LogP contribution in [-0.2, 0) is 16.0 Å². The molecule has 2 aliphatic heterocycles. The number of rotatable bonds is 5. The number of aryl methyl sites for hydroxylation is 1. The van der Waals surface area contributed by atoms with Crippen LogP contribution in [0.2, 0.25) is 0 Å². The third-order valence-electron chi connectivity index (χ3n) is 4.64. The molecule has 0 spiro atoms. The van der Waals surface area contributed by atoms with Crippen molar-refractivity contribution in [2.75, 3.05) is 45.1 Å². The number of hydrogen-bond acceptors (Lipinski definition) is 5. The van der Waals surface area contributed by atoms with E-state index in [0.29, 0.717) is 19.0 Å². The lowest BCUT2D eigenvalue weighted by molar-refractivity contribution is -0.133. The minimum Gasteiger partial charge on any atom is -0.384 e. The van der Waals surface area contributed by atoms with E-state index in [1.165, 1.54) is 5.56 Å². The van der Waals surface area contributed by atoms with Crippen LogP contribution >= 0.6 is 0 Å². The summed E-state index contributed by atoms with van der Waals surface area (Å²) in [7, 11) is 0. The molecule has 2 saturated heterocycles. The fraction of sp³-hybridized carbons (Fsp3) is 0.647. The highest BCUT2D eigenvalue weighted by atomic mass is 16.5. The molecule has 3 rings (SSSR count). The Labute approximate surface area is 137 Å². The molecule has 1 aromatic rings. The van der Waals surface area contributed by atoms with E-state index >= 15 is 0 Å². The predicted octanol–water partition coefficient (Wildman–Crippen LogP) is 0.920. The van der Waals surface area contributed by atoms with Gasteiger partial charge in [-0.15, -0.1) is 0 Å². The van der Waals surface area contributed by atoms with Crippen molar-refractivity contribution in [3.8, 4) is 0 Å². The number of carbonyl (C=O) groups is 1. The summed E-state index contributed by atoms with van der Waals surface area (Å²) in [4.78, 5) is 20.5. The normalized spacial score (nSPS) is 22.4. The van der Waals surface area contributed by atoms with E-state index in [1.807, 2.05) is 17.0 Å². The summed E-state index contributed by atoms with van der Waals surface area (Å²) in [5.41, 5.74) is 6.90. The van der Waals surface area contributed by atoms with Crippen molar-refractivity contribution in [3.63, 3.8) is 0 Å². The number of morpholine rings is 1. The molecule has 6 heteroatoms. The zero-order chi connectivity index (χ0) is 16.1. The molecular formula is C17H26N4O2. The summed E-state index contributed by atoms with van der Waals surface area (Å²) < 4.78 is 5.85. The van der Waals surface area contributed by atoms with E-state index in [1.54, 1.807) is 6.20 Å². The molecule has 2 fully saturated rings. The molecule has 0 aromatic carbocycles. The largest absolute Gasteiger partial charge is 0.384 e. The van der Waals surface area contributed by atoms with E-state index in [-0.39, 0.29) is 12.0 Å². The van der Waals surface area contributed by atoms with Crippen molar-refractivity contribution in [1.82, 2.24) is 14.8 Å². The number of hydrogen-bond donors (Lipinski definition) is 1. The van der Waals surface area contributed by atoms with Gasteiger partial charge in [0.05, 0.1) is 19.3 Å². The molecule has 1 aromatic heterocycles. The van der Waals surface area contributed by atoms with Gasteiger partial charge in [-0.3, -0.25) is 9.69 Å². The highest BCUT2D eigenvalue weighted by molar-refractivity contribution is 5.78. The number of nitrogens with two attached hydrogens (primary N) is 1. The van der Waals surface area contributed by atoms with Gasteiger partial charge in [-0.05, 0) is 43.4 Å². The van der Waals surface area contributed by atoms with Crippen LogP contribution in [0.5, 0.6) is 0 Å². The Morgan fingerprint density at radius 3 is 2.96 bits per heavy atom. The van der Waals surface area contributed by atoms with Gasteiger partial charge in [0.2, 0.25) is 5.91 Å². The maximum atomic E-state index is 12.3. The SMILES string of the molecule is Nc1cc(CC[C@@H]2CN(CC(=O)N3CCCC3)CCO2)ccn1. The van der Waals surface area contributed by atoms with Gasteiger partial charge in [-0.25, -0.2) is 4.98 Å². The lowest BCUT2D eigenvalue weighted by Crippen LogP contribution is -2.47. The zero-order valence-electron chi connectivity index (χ0n) is 13.6. The molecule has 23 heavy (non-hydrogen) atoms. The van der Waals surface area contributed by atoms with E-state index in [9.17, 15) is 4.79 Å². The summed E-state index contributed by atoms with van der Waals surface area (Å²) in [6.07, 6.45) is 6.08. The molecule has 6 nitrogen and oxygen atoms in total. The van der Waals surface area contributed by atoms with Crippen LogP contribution in [0.15, 0.2) is 18.3 Å². The predicted molar refractivity (Wildman–Crippen MR) is 89.0 cm³/mol. The van der Waals surface area contributed by atoms with Crippen LogP contribution in [0.1, 0.15) is 24.8 Å². The fourth-order valence-corrected chi connectivity index (χ4v) is 3.33. The van der Waals surface area contributed by atoms with Crippen LogP contribution in [0, 0.1) is 0 Å². The van der Waals surface area contributed by atoms with E-state index < -0.39 is 0 Å². The molecule has 0 radical (unpaired) electrons. The monoisotopic (exact) mass is 318 g/mol. The molecule has 2 aliphatic rings. The first kappa shape index (κ1) is 16.2. The number of ether oxygens (including phenoxy) is 1. The Bertz CT molecular complexity index is 531. The fourth-order valence-electron chi connectivity index (χ4n) is 3.33. The number of nitrogen functional groups attached to an aromatic ring is 1. The first-order chi connectivity index (χ1) is 11.2. The van der Waals surface area contributed by atoms with Gasteiger partial charge in [0, 0.05) is 32.4 Å². The summed E-state index contributed by atoms with van der Waals surface area (Å²) in [5, 5.41) is 0. The molecule has 1 atom stereocenters. The first-order valence-electron chi connectivity index (χ1n) is 8.53. The average Bonchev–Trinajstić information content (AvgIpc) is 3.08. The van der Waals surface area contributed by atoms with Gasteiger partial charge in [0.15, 0.2) is 0 Å². The molecule has 3 heterocycles. The van der Waals surface area contributed by atoms with Crippen molar-refractivity contribution in [3.05, 3.63) is 23.9 Å². The van der Waals surface area contributed by atoms with Gasteiger partial charge in [0.25, 0.3) is 0 Å². The second-order valence-electron chi connectivity index (χ2n) is 6.44. The number of carbonyl (C=O) groups excluding carboxylic acids is 1. The van der Waals surface area contributed by atoms with Crippen LogP contribution in [0.4, 0.5) is 5.82 Å². The minimum atomic E-state index is 0.185. The number of pyridine rings is 1. The molecule has 126 valence electrons. The second-order valence-corrected chi connectivity index (χ2v) is 6.44. The number of likely N-dealkylation sites (tertiary alicyclic amines) is 1. The smallest absolute Gasteiger partial charge is 0.236 e. The van der Waals surface area contributed by atoms with Gasteiger partial charge >= 0.3 is 0 Å². The number of amides is 1. The average molecular weight is 318 g/mol. The lowest BCUT2D eigenvalue weighted by Gasteiger charge is -2.33. The van der Waals surface area contributed by atoms with Crippen molar-refractivity contribution in [2.45, 2.75) is 31.8 Å². The summed E-state index contributed by atoms with van der Waals surface area (Å²) in [6, 6.07) is 3.91. The molecule has 0 unspecified atom stereocenters. The summed E-state index contributed by atoms with van der Waals surface area (Å²) >= 11 is 0. The van der Waals surface area contributed by atoms with Crippen LogP contribution < -0.4 is 5.73 Å². The maximum Gasteiger partial charge on any atom is 0.236 e. The Hall–Kier alpha value is -1.66. The summed E-state index contributed by atoms with van der Waals surface area (Å²) in [6.45, 7) is 4.77. The summed E-state index contributed by atoms with van der Waals surface area (Å²) in [5.74, 6) is 0.829. The molecule has 0 saturated carbocycles. The van der Waals surface area contributed by atoms with Crippen molar-refractivity contribution in [2.24, 2.45) is 0 Å². The molecule has 2 N–H and O–H groups in total. The molecule has 0 bridgehead atoms. The topological polar surface area (TPSA) is 71.7 Å². The van der Waals surface area contributed by atoms with Gasteiger partial charge < -0.3 is 15.4 Å². The number of nitrogens with zero attached hydrogens (tertiary/aromatic N) is 3. The molecule has 0 aliphatic carbocycles. The van der Waals surface area contributed by atoms with Gasteiger partial charge in [-0.1, -0.05) is 0 Å². The standard InChI is InChI=1S/C17H26N4O2/c18-16-11-14(5-6-19-16)3-4-15-12-20(9-10-23-15)13-17(22)21-7-1-2-8-21/h5-6,11,15H,1-4,7-10,12-13H2,(H2,18,19)/t15-/m1/s1. The lowest BCUT2D eigenvalue weighted by atomic mass is 10.1. The molecule has 1 amide bonds. The highest BCUT2D eigenvalue weighted by Gasteiger charge is 2.25. The Morgan fingerprint density at radius 2 is 2.17 bits per heavy atom. The van der Waals surface area contributed by atoms with E-state index in [2.05, 4.69) is 9.88 Å². The molecular weight excluding hydrogens is 292 g/mol. The third kappa shape index (κ3) is 4.65. The van der Waals surface area contributed by atoms with Crippen molar-refractivity contribution >= 4 is 11.7 Å². The van der Waals surface area contributed by atoms with E-state index in [0.717, 1.165) is 51.9 Å².